The lowest BCUT2D eigenvalue weighted by Crippen LogP contribution is -2.37. The number of carbonyl (C=O) groups excluding carboxylic acids is 4. The second-order valence-corrected chi connectivity index (χ2v) is 9.25. The monoisotopic (exact) mass is 549 g/mol. The highest BCUT2D eigenvalue weighted by Gasteiger charge is 2.46. The normalized spacial score (nSPS) is 16.0. The Kier molecular flexibility index (Phi) is 7.38. The first-order valence-electron chi connectivity index (χ1n) is 12.2. The molecule has 0 bridgehead atoms. The number of hydrogen-bond donors (Lipinski definition) is 1. The molecular weight excluding hydrogens is 526 g/mol. The summed E-state index contributed by atoms with van der Waals surface area (Å²) in [6.45, 7) is 2.13. The molecule has 0 spiro atoms. The third-order valence-electron chi connectivity index (χ3n) is 6.23. The van der Waals surface area contributed by atoms with Gasteiger partial charge >= 0.3 is 12.0 Å². The minimum Gasteiger partial charge on any atom is -0.462 e. The molecule has 1 fully saturated rings. The average Bonchev–Trinajstić information content (AvgIpc) is 3.47. The van der Waals surface area contributed by atoms with Crippen molar-refractivity contribution in [3.8, 4) is 11.5 Å². The van der Waals surface area contributed by atoms with Gasteiger partial charge in [0.2, 0.25) is 12.7 Å². The van der Waals surface area contributed by atoms with E-state index in [1.807, 2.05) is 0 Å². The number of ether oxygens (including phenoxy) is 3. The van der Waals surface area contributed by atoms with Crippen molar-refractivity contribution in [2.75, 3.05) is 23.6 Å². The number of urea groups is 1. The predicted molar refractivity (Wildman–Crippen MR) is 142 cm³/mol. The van der Waals surface area contributed by atoms with E-state index in [-0.39, 0.29) is 26.4 Å². The number of anilines is 2. The lowest BCUT2D eigenvalue weighted by atomic mass is 10.1. The Morgan fingerprint density at radius 3 is 2.54 bits per heavy atom. The van der Waals surface area contributed by atoms with E-state index in [0.717, 1.165) is 4.90 Å². The van der Waals surface area contributed by atoms with Crippen LogP contribution in [-0.2, 0) is 20.9 Å². The van der Waals surface area contributed by atoms with Crippen LogP contribution in [0.15, 0.2) is 66.7 Å². The molecule has 39 heavy (non-hydrogen) atoms. The van der Waals surface area contributed by atoms with Gasteiger partial charge in [-0.2, -0.15) is 0 Å². The number of nitrogens with zero attached hydrogens (tertiary/aromatic N) is 2. The van der Waals surface area contributed by atoms with E-state index in [9.17, 15) is 19.2 Å². The number of benzene rings is 3. The maximum atomic E-state index is 13.5. The fraction of sp³-hybridized carbons (Fsp3) is 0.214. The Bertz CT molecular complexity index is 1440. The van der Waals surface area contributed by atoms with Gasteiger partial charge in [0.15, 0.2) is 11.5 Å². The summed E-state index contributed by atoms with van der Waals surface area (Å²) in [4.78, 5) is 54.3. The van der Waals surface area contributed by atoms with Crippen LogP contribution in [0.25, 0.3) is 0 Å². The molecule has 11 heteroatoms. The van der Waals surface area contributed by atoms with E-state index in [4.69, 9.17) is 25.8 Å². The van der Waals surface area contributed by atoms with Crippen LogP contribution in [0.2, 0.25) is 5.02 Å². The minimum atomic E-state index is -1.07. The van der Waals surface area contributed by atoms with Crippen molar-refractivity contribution in [3.05, 3.63) is 82.9 Å². The first kappa shape index (κ1) is 26.1. The molecule has 10 nitrogen and oxygen atoms in total. The van der Waals surface area contributed by atoms with E-state index in [1.165, 1.54) is 23.1 Å². The van der Waals surface area contributed by atoms with Crippen LogP contribution in [0, 0.1) is 0 Å². The van der Waals surface area contributed by atoms with Gasteiger partial charge in [-0.3, -0.25) is 9.59 Å². The zero-order chi connectivity index (χ0) is 27.5. The molecule has 1 saturated heterocycles. The fourth-order valence-corrected chi connectivity index (χ4v) is 4.58. The molecule has 0 unspecified atom stereocenters. The smallest absolute Gasteiger partial charge is 0.338 e. The highest BCUT2D eigenvalue weighted by Crippen LogP contribution is 2.35. The highest BCUT2D eigenvalue weighted by atomic mass is 35.5. The largest absolute Gasteiger partial charge is 0.462 e. The SMILES string of the molecule is CCOC(=O)c1ccc(NC(=O)C[C@H]2C(=O)N(c3cccc(Cl)c3)C(=O)N2Cc2ccc3c(c2)OCO3)cc1. The Morgan fingerprint density at radius 1 is 1.03 bits per heavy atom. The second kappa shape index (κ2) is 11.0. The first-order valence-corrected chi connectivity index (χ1v) is 12.6. The van der Waals surface area contributed by atoms with Gasteiger partial charge < -0.3 is 24.4 Å². The van der Waals surface area contributed by atoms with Crippen LogP contribution in [0.1, 0.15) is 29.3 Å². The van der Waals surface area contributed by atoms with Gasteiger partial charge in [0.25, 0.3) is 5.91 Å². The van der Waals surface area contributed by atoms with Crippen LogP contribution >= 0.6 is 11.6 Å². The first-order chi connectivity index (χ1) is 18.8. The third-order valence-corrected chi connectivity index (χ3v) is 6.47. The third kappa shape index (κ3) is 5.51. The molecule has 2 aliphatic heterocycles. The molecule has 5 rings (SSSR count). The number of hydrogen-bond acceptors (Lipinski definition) is 7. The van der Waals surface area contributed by atoms with Crippen molar-refractivity contribution in [1.82, 2.24) is 4.90 Å². The molecule has 2 aliphatic rings. The van der Waals surface area contributed by atoms with Crippen LogP contribution in [0.3, 0.4) is 0 Å². The summed E-state index contributed by atoms with van der Waals surface area (Å²) in [5, 5.41) is 3.09. The molecule has 0 saturated carbocycles. The molecule has 200 valence electrons. The molecule has 3 aromatic rings. The van der Waals surface area contributed by atoms with Crippen molar-refractivity contribution < 1.29 is 33.4 Å². The van der Waals surface area contributed by atoms with Crippen molar-refractivity contribution in [2.45, 2.75) is 25.9 Å². The van der Waals surface area contributed by atoms with Crippen molar-refractivity contribution >= 4 is 46.8 Å². The predicted octanol–water partition coefficient (Wildman–Crippen LogP) is 4.61. The average molecular weight is 550 g/mol. The Hall–Kier alpha value is -4.57. The van der Waals surface area contributed by atoms with Gasteiger partial charge in [-0.05, 0) is 67.1 Å². The maximum Gasteiger partial charge on any atom is 0.338 e. The lowest BCUT2D eigenvalue weighted by Gasteiger charge is -2.22. The second-order valence-electron chi connectivity index (χ2n) is 8.82. The van der Waals surface area contributed by atoms with Gasteiger partial charge in [-0.25, -0.2) is 14.5 Å². The molecule has 2 heterocycles. The number of imide groups is 1. The van der Waals surface area contributed by atoms with E-state index >= 15 is 0 Å². The van der Waals surface area contributed by atoms with Crippen molar-refractivity contribution in [1.29, 1.82) is 0 Å². The molecule has 1 atom stereocenters. The van der Waals surface area contributed by atoms with Crippen LogP contribution < -0.4 is 19.7 Å². The minimum absolute atomic E-state index is 0.0600. The zero-order valence-corrected chi connectivity index (χ0v) is 21.6. The van der Waals surface area contributed by atoms with E-state index < -0.39 is 29.9 Å². The van der Waals surface area contributed by atoms with E-state index in [0.29, 0.717) is 39.0 Å². The Labute approximate surface area is 229 Å². The quantitative estimate of drug-likeness (QED) is 0.322. The van der Waals surface area contributed by atoms with E-state index in [1.54, 1.807) is 55.5 Å². The van der Waals surface area contributed by atoms with Gasteiger partial charge in [0.05, 0.1) is 24.3 Å². The highest BCUT2D eigenvalue weighted by molar-refractivity contribution is 6.31. The van der Waals surface area contributed by atoms with Crippen molar-refractivity contribution in [2.24, 2.45) is 0 Å². The van der Waals surface area contributed by atoms with Gasteiger partial charge in [0.1, 0.15) is 6.04 Å². The molecular formula is C28H24ClN3O7. The van der Waals surface area contributed by atoms with Gasteiger partial charge in [-0.15, -0.1) is 0 Å². The number of amides is 4. The van der Waals surface area contributed by atoms with Crippen LogP contribution in [0.5, 0.6) is 11.5 Å². The van der Waals surface area contributed by atoms with Gasteiger partial charge in [-0.1, -0.05) is 23.7 Å². The van der Waals surface area contributed by atoms with Crippen molar-refractivity contribution in [3.63, 3.8) is 0 Å². The summed E-state index contributed by atoms with van der Waals surface area (Å²) >= 11 is 6.12. The number of esters is 1. The van der Waals surface area contributed by atoms with Gasteiger partial charge in [0, 0.05) is 17.3 Å². The number of fused-ring (bicyclic) bond motifs is 1. The number of rotatable bonds is 8. The maximum absolute atomic E-state index is 13.5. The molecule has 3 aromatic carbocycles. The molecule has 0 aliphatic carbocycles. The summed E-state index contributed by atoms with van der Waals surface area (Å²) < 4.78 is 15.8. The summed E-state index contributed by atoms with van der Waals surface area (Å²) in [6.07, 6.45) is -0.286. The topological polar surface area (TPSA) is 114 Å². The number of carbonyl (C=O) groups is 4. The van der Waals surface area contributed by atoms with E-state index in [2.05, 4.69) is 5.32 Å². The number of nitrogens with one attached hydrogen (secondary N) is 1. The lowest BCUT2D eigenvalue weighted by molar-refractivity contribution is -0.124. The Morgan fingerprint density at radius 2 is 1.79 bits per heavy atom. The molecule has 1 N–H and O–H groups in total. The molecule has 4 amide bonds. The summed E-state index contributed by atoms with van der Waals surface area (Å²) in [5.74, 6) is -0.360. The summed E-state index contributed by atoms with van der Waals surface area (Å²) in [6, 6.07) is 16.2. The van der Waals surface area contributed by atoms with Crippen LogP contribution in [0.4, 0.5) is 16.2 Å². The standard InChI is InChI=1S/C28H24ClN3O7/c1-2-37-27(35)18-7-9-20(10-8-18)30-25(33)14-22-26(34)32(21-5-3-4-19(29)13-21)28(36)31(22)15-17-6-11-23-24(12-17)39-16-38-23/h3-13,22H,2,14-16H2,1H3,(H,30,33)/t22-/m0/s1. The summed E-state index contributed by atoms with van der Waals surface area (Å²) in [5.41, 5.74) is 1.79. The summed E-state index contributed by atoms with van der Waals surface area (Å²) in [7, 11) is 0. The molecule has 0 radical (unpaired) electrons. The molecule has 0 aromatic heterocycles. The number of halogens is 1. The zero-order valence-electron chi connectivity index (χ0n) is 20.9. The van der Waals surface area contributed by atoms with Crippen LogP contribution in [-0.4, -0.2) is 48.2 Å². The fourth-order valence-electron chi connectivity index (χ4n) is 4.39. The Balaban J connectivity index is 1.37.